The summed E-state index contributed by atoms with van der Waals surface area (Å²) in [6, 6.07) is 3.61. The van der Waals surface area contributed by atoms with Crippen LogP contribution < -0.4 is 14.8 Å². The normalized spacial score (nSPS) is 21.5. The van der Waals surface area contributed by atoms with Gasteiger partial charge in [0.05, 0.1) is 14.2 Å². The van der Waals surface area contributed by atoms with Crippen LogP contribution in [-0.2, 0) is 6.54 Å². The quantitative estimate of drug-likeness (QED) is 0.654. The highest BCUT2D eigenvalue weighted by Gasteiger charge is 2.24. The molecule has 0 spiro atoms. The SMILES string of the molecule is CN=C(NCc1cc(OC)c(O)c(OC)c1)N1CC(C)CC(C)C1. The molecule has 2 N–H and O–H groups in total. The van der Waals surface area contributed by atoms with Crippen LogP contribution in [0.1, 0.15) is 25.8 Å². The topological polar surface area (TPSA) is 66.3 Å². The first-order chi connectivity index (χ1) is 11.5. The Kier molecular flexibility index (Phi) is 6.17. The van der Waals surface area contributed by atoms with Crippen molar-refractivity contribution in [2.24, 2.45) is 16.8 Å². The first kappa shape index (κ1) is 18.2. The first-order valence-electron chi connectivity index (χ1n) is 8.37. The lowest BCUT2D eigenvalue weighted by Crippen LogP contribution is -2.48. The fourth-order valence-electron chi connectivity index (χ4n) is 3.40. The predicted octanol–water partition coefficient (Wildman–Crippen LogP) is 2.46. The number of aromatic hydroxyl groups is 1. The van der Waals surface area contributed by atoms with E-state index in [0.29, 0.717) is 29.9 Å². The third-order valence-electron chi connectivity index (χ3n) is 4.37. The van der Waals surface area contributed by atoms with Crippen molar-refractivity contribution in [2.45, 2.75) is 26.8 Å². The zero-order valence-electron chi connectivity index (χ0n) is 15.3. The van der Waals surface area contributed by atoms with E-state index in [-0.39, 0.29) is 5.75 Å². The zero-order valence-corrected chi connectivity index (χ0v) is 15.3. The van der Waals surface area contributed by atoms with Crippen LogP contribution in [-0.4, -0.2) is 50.3 Å². The molecule has 0 bridgehead atoms. The standard InChI is InChI=1S/C18H29N3O3/c1-12-6-13(2)11-21(10-12)18(19-3)20-9-14-7-15(23-4)17(22)16(8-14)24-5/h7-8,12-13,22H,6,9-11H2,1-5H3,(H,19,20). The lowest BCUT2D eigenvalue weighted by atomic mass is 9.92. The number of piperidine rings is 1. The maximum Gasteiger partial charge on any atom is 0.200 e. The van der Waals surface area contributed by atoms with Gasteiger partial charge in [0.2, 0.25) is 5.75 Å². The number of likely N-dealkylation sites (tertiary alicyclic amines) is 1. The molecule has 2 unspecified atom stereocenters. The Hall–Kier alpha value is -2.11. The molecule has 1 fully saturated rings. The van der Waals surface area contributed by atoms with Gasteiger partial charge in [0, 0.05) is 26.7 Å². The van der Waals surface area contributed by atoms with Crippen LogP contribution in [0, 0.1) is 11.8 Å². The average Bonchev–Trinajstić information content (AvgIpc) is 2.55. The van der Waals surface area contributed by atoms with Gasteiger partial charge in [0.1, 0.15) is 0 Å². The molecule has 6 heteroatoms. The van der Waals surface area contributed by atoms with Gasteiger partial charge in [-0.3, -0.25) is 4.99 Å². The maximum absolute atomic E-state index is 10.00. The van der Waals surface area contributed by atoms with Crippen LogP contribution in [0.4, 0.5) is 0 Å². The van der Waals surface area contributed by atoms with Crippen molar-refractivity contribution in [1.82, 2.24) is 10.2 Å². The number of methoxy groups -OCH3 is 2. The minimum absolute atomic E-state index is 0.0202. The number of guanidine groups is 1. The van der Waals surface area contributed by atoms with E-state index in [0.717, 1.165) is 24.6 Å². The van der Waals surface area contributed by atoms with Gasteiger partial charge in [0.25, 0.3) is 0 Å². The van der Waals surface area contributed by atoms with Gasteiger partial charge in [-0.1, -0.05) is 13.8 Å². The zero-order chi connectivity index (χ0) is 17.7. The number of hydrogen-bond donors (Lipinski definition) is 2. The van der Waals surface area contributed by atoms with E-state index < -0.39 is 0 Å². The molecule has 2 atom stereocenters. The molecule has 1 aliphatic heterocycles. The van der Waals surface area contributed by atoms with Gasteiger partial charge in [-0.25, -0.2) is 0 Å². The van der Waals surface area contributed by atoms with Crippen molar-refractivity contribution in [3.63, 3.8) is 0 Å². The van der Waals surface area contributed by atoms with E-state index in [4.69, 9.17) is 9.47 Å². The summed E-state index contributed by atoms with van der Waals surface area (Å²) >= 11 is 0. The Morgan fingerprint density at radius 3 is 2.21 bits per heavy atom. The van der Waals surface area contributed by atoms with Crippen LogP contribution in [0.15, 0.2) is 17.1 Å². The van der Waals surface area contributed by atoms with Crippen LogP contribution in [0.25, 0.3) is 0 Å². The van der Waals surface area contributed by atoms with Gasteiger partial charge >= 0.3 is 0 Å². The summed E-state index contributed by atoms with van der Waals surface area (Å²) in [5.41, 5.74) is 0.959. The molecule has 0 amide bonds. The second-order valence-electron chi connectivity index (χ2n) is 6.60. The van der Waals surface area contributed by atoms with Crippen molar-refractivity contribution >= 4 is 5.96 Å². The third-order valence-corrected chi connectivity index (χ3v) is 4.37. The molecule has 1 aromatic rings. The molecular formula is C18H29N3O3. The van der Waals surface area contributed by atoms with Crippen molar-refractivity contribution in [2.75, 3.05) is 34.4 Å². The Labute approximate surface area is 144 Å². The highest BCUT2D eigenvalue weighted by molar-refractivity contribution is 5.80. The molecule has 0 radical (unpaired) electrons. The second-order valence-corrected chi connectivity index (χ2v) is 6.60. The van der Waals surface area contributed by atoms with E-state index >= 15 is 0 Å². The largest absolute Gasteiger partial charge is 0.502 e. The van der Waals surface area contributed by atoms with E-state index in [2.05, 4.69) is 29.1 Å². The Morgan fingerprint density at radius 1 is 1.21 bits per heavy atom. The summed E-state index contributed by atoms with van der Waals surface area (Å²) in [7, 11) is 4.87. The molecular weight excluding hydrogens is 306 g/mol. The lowest BCUT2D eigenvalue weighted by molar-refractivity contribution is 0.208. The van der Waals surface area contributed by atoms with E-state index in [1.54, 1.807) is 12.1 Å². The number of nitrogens with one attached hydrogen (secondary N) is 1. The van der Waals surface area contributed by atoms with Crippen molar-refractivity contribution in [1.29, 1.82) is 0 Å². The molecule has 1 heterocycles. The number of rotatable bonds is 4. The van der Waals surface area contributed by atoms with Crippen LogP contribution >= 0.6 is 0 Å². The molecule has 1 saturated heterocycles. The number of aliphatic imine (C=N–C) groups is 1. The fraction of sp³-hybridized carbons (Fsp3) is 0.611. The van der Waals surface area contributed by atoms with Crippen molar-refractivity contribution in [3.05, 3.63) is 17.7 Å². The Bertz CT molecular complexity index is 554. The minimum Gasteiger partial charge on any atom is -0.502 e. The molecule has 2 rings (SSSR count). The van der Waals surface area contributed by atoms with Gasteiger partial charge < -0.3 is 24.8 Å². The number of ether oxygens (including phenoxy) is 2. The summed E-state index contributed by atoms with van der Waals surface area (Å²) in [4.78, 5) is 6.73. The van der Waals surface area contributed by atoms with Crippen LogP contribution in [0.3, 0.4) is 0 Å². The molecule has 0 saturated carbocycles. The second kappa shape index (κ2) is 8.13. The van der Waals surface area contributed by atoms with Gasteiger partial charge in [0.15, 0.2) is 17.5 Å². The first-order valence-corrected chi connectivity index (χ1v) is 8.37. The summed E-state index contributed by atoms with van der Waals surface area (Å²) in [6.45, 7) is 7.19. The van der Waals surface area contributed by atoms with Crippen LogP contribution in [0.2, 0.25) is 0 Å². The summed E-state index contributed by atoms with van der Waals surface area (Å²) in [5, 5.41) is 13.4. The van der Waals surface area contributed by atoms with E-state index in [1.807, 2.05) is 7.05 Å². The summed E-state index contributed by atoms with van der Waals surface area (Å²) < 4.78 is 10.4. The number of phenols is 1. The number of benzene rings is 1. The highest BCUT2D eigenvalue weighted by Crippen LogP contribution is 2.37. The molecule has 1 aliphatic rings. The highest BCUT2D eigenvalue weighted by atomic mass is 16.5. The van der Waals surface area contributed by atoms with Gasteiger partial charge in [-0.05, 0) is 36.0 Å². The van der Waals surface area contributed by atoms with Gasteiger partial charge in [-0.15, -0.1) is 0 Å². The maximum atomic E-state index is 10.00. The lowest BCUT2D eigenvalue weighted by Gasteiger charge is -2.37. The van der Waals surface area contributed by atoms with Crippen molar-refractivity contribution in [3.8, 4) is 17.2 Å². The Morgan fingerprint density at radius 2 is 1.75 bits per heavy atom. The monoisotopic (exact) mass is 335 g/mol. The molecule has 0 aromatic heterocycles. The van der Waals surface area contributed by atoms with Crippen molar-refractivity contribution < 1.29 is 14.6 Å². The summed E-state index contributed by atoms with van der Waals surface area (Å²) in [6.07, 6.45) is 1.26. The van der Waals surface area contributed by atoms with Crippen LogP contribution in [0.5, 0.6) is 17.2 Å². The van der Waals surface area contributed by atoms with E-state index in [9.17, 15) is 5.11 Å². The van der Waals surface area contributed by atoms with E-state index in [1.165, 1.54) is 20.6 Å². The van der Waals surface area contributed by atoms with Gasteiger partial charge in [-0.2, -0.15) is 0 Å². The molecule has 6 nitrogen and oxygen atoms in total. The fourth-order valence-corrected chi connectivity index (χ4v) is 3.40. The molecule has 134 valence electrons. The smallest absolute Gasteiger partial charge is 0.200 e. The molecule has 24 heavy (non-hydrogen) atoms. The average molecular weight is 335 g/mol. The number of phenolic OH excluding ortho intramolecular Hbond substituents is 1. The molecule has 0 aliphatic carbocycles. The summed E-state index contributed by atoms with van der Waals surface area (Å²) in [5.74, 6) is 3.07. The third kappa shape index (κ3) is 4.24. The number of nitrogens with zero attached hydrogens (tertiary/aromatic N) is 2. The number of hydrogen-bond acceptors (Lipinski definition) is 4. The minimum atomic E-state index is 0.0202. The molecule has 1 aromatic carbocycles. The predicted molar refractivity (Wildman–Crippen MR) is 95.9 cm³/mol. The Balaban J connectivity index is 2.08.